The van der Waals surface area contributed by atoms with Gasteiger partial charge >= 0.3 is 0 Å². The van der Waals surface area contributed by atoms with Gasteiger partial charge in [-0.05, 0) is 79.2 Å². The summed E-state index contributed by atoms with van der Waals surface area (Å²) in [4.78, 5) is 19.1. The van der Waals surface area contributed by atoms with Gasteiger partial charge in [-0.2, -0.15) is 0 Å². The predicted octanol–water partition coefficient (Wildman–Crippen LogP) is 4.37. The Bertz CT molecular complexity index is 1010. The number of aryl methyl sites for hydroxylation is 1. The minimum absolute atomic E-state index is 0.174. The average Bonchev–Trinajstić information content (AvgIpc) is 2.77. The molecule has 1 aliphatic rings. The van der Waals surface area contributed by atoms with Gasteiger partial charge in [-0.1, -0.05) is 48.5 Å². The number of likely N-dealkylation sites (tertiary alicyclic amines) is 1. The lowest BCUT2D eigenvalue weighted by Gasteiger charge is -2.40. The number of nitrogens with two attached hydrogens (primary N) is 1. The van der Waals surface area contributed by atoms with Gasteiger partial charge in [0.1, 0.15) is 0 Å². The van der Waals surface area contributed by atoms with Crippen LogP contribution in [-0.4, -0.2) is 28.9 Å². The summed E-state index contributed by atoms with van der Waals surface area (Å²) in [6, 6.07) is 21.0. The van der Waals surface area contributed by atoms with Gasteiger partial charge < -0.3 is 5.73 Å². The molecule has 0 saturated carbocycles. The van der Waals surface area contributed by atoms with Crippen molar-refractivity contribution in [3.8, 4) is 11.1 Å². The number of primary amides is 1. The van der Waals surface area contributed by atoms with Gasteiger partial charge in [-0.15, -0.1) is 0 Å². The molecule has 0 unspecified atom stereocenters. The quantitative estimate of drug-likeness (QED) is 0.670. The number of piperidine rings is 1. The molecule has 1 aliphatic heterocycles. The van der Waals surface area contributed by atoms with Crippen molar-refractivity contribution in [1.82, 2.24) is 9.88 Å². The first-order valence-electron chi connectivity index (χ1n) is 10.6. The fraction of sp³-hybridized carbons (Fsp3) is 0.308. The summed E-state index contributed by atoms with van der Waals surface area (Å²) in [7, 11) is 0. The van der Waals surface area contributed by atoms with Crippen molar-refractivity contribution in [2.24, 2.45) is 11.1 Å². The van der Waals surface area contributed by atoms with E-state index in [4.69, 9.17) is 5.73 Å². The molecule has 0 spiro atoms. The number of carbonyl (C=O) groups is 1. The molecule has 2 aromatic carbocycles. The molecular formula is C26H29N3O. The molecule has 1 fully saturated rings. The van der Waals surface area contributed by atoms with Crippen molar-refractivity contribution in [3.05, 3.63) is 89.7 Å². The Morgan fingerprint density at radius 2 is 1.73 bits per heavy atom. The second-order valence-corrected chi connectivity index (χ2v) is 8.46. The number of benzene rings is 2. The maximum absolute atomic E-state index is 12.6. The van der Waals surface area contributed by atoms with Crippen LogP contribution in [0.4, 0.5) is 0 Å². The lowest BCUT2D eigenvalue weighted by molar-refractivity contribution is -0.130. The lowest BCUT2D eigenvalue weighted by Crippen LogP contribution is -2.48. The number of aromatic nitrogens is 1. The third kappa shape index (κ3) is 4.44. The van der Waals surface area contributed by atoms with Gasteiger partial charge in [0.25, 0.3) is 0 Å². The van der Waals surface area contributed by atoms with Crippen molar-refractivity contribution in [2.75, 3.05) is 13.1 Å². The number of nitrogens with zero attached hydrogens (tertiary/aromatic N) is 2. The summed E-state index contributed by atoms with van der Waals surface area (Å²) in [5.41, 5.74) is 11.6. The van der Waals surface area contributed by atoms with E-state index in [1.807, 2.05) is 12.1 Å². The summed E-state index contributed by atoms with van der Waals surface area (Å²) >= 11 is 0. The van der Waals surface area contributed by atoms with E-state index in [2.05, 4.69) is 65.3 Å². The zero-order valence-corrected chi connectivity index (χ0v) is 17.6. The second-order valence-electron chi connectivity index (χ2n) is 8.46. The van der Waals surface area contributed by atoms with Gasteiger partial charge in [0, 0.05) is 18.9 Å². The smallest absolute Gasteiger partial charge is 0.224 e. The molecule has 4 nitrogen and oxygen atoms in total. The highest BCUT2D eigenvalue weighted by Crippen LogP contribution is 2.36. The Hall–Kier alpha value is -2.98. The molecule has 0 radical (unpaired) electrons. The highest BCUT2D eigenvalue weighted by Gasteiger charge is 2.40. The summed E-state index contributed by atoms with van der Waals surface area (Å²) < 4.78 is 0. The highest BCUT2D eigenvalue weighted by molar-refractivity contribution is 5.81. The van der Waals surface area contributed by atoms with E-state index in [1.165, 1.54) is 11.1 Å². The molecule has 154 valence electrons. The van der Waals surface area contributed by atoms with E-state index in [-0.39, 0.29) is 5.91 Å². The van der Waals surface area contributed by atoms with E-state index in [9.17, 15) is 4.79 Å². The van der Waals surface area contributed by atoms with Crippen LogP contribution in [0.5, 0.6) is 0 Å². The molecule has 2 heterocycles. The highest BCUT2D eigenvalue weighted by atomic mass is 16.1. The van der Waals surface area contributed by atoms with Gasteiger partial charge in [-0.25, -0.2) is 0 Å². The summed E-state index contributed by atoms with van der Waals surface area (Å²) in [6.07, 6.45) is 5.90. The van der Waals surface area contributed by atoms with Crippen LogP contribution >= 0.6 is 0 Å². The second kappa shape index (κ2) is 8.80. The molecular weight excluding hydrogens is 370 g/mol. The largest absolute Gasteiger partial charge is 0.369 e. The summed E-state index contributed by atoms with van der Waals surface area (Å²) in [5, 5.41) is 0. The van der Waals surface area contributed by atoms with Crippen molar-refractivity contribution in [3.63, 3.8) is 0 Å². The Balaban J connectivity index is 1.47. The molecule has 1 aromatic heterocycles. The van der Waals surface area contributed by atoms with Crippen LogP contribution in [0.1, 0.15) is 29.5 Å². The Morgan fingerprint density at radius 3 is 2.43 bits per heavy atom. The molecule has 4 heteroatoms. The number of hydrogen-bond donors (Lipinski definition) is 1. The first-order chi connectivity index (χ1) is 14.6. The first kappa shape index (κ1) is 20.3. The Labute approximate surface area is 178 Å². The number of rotatable bonds is 6. The molecule has 0 aliphatic carbocycles. The van der Waals surface area contributed by atoms with Crippen molar-refractivity contribution in [1.29, 1.82) is 0 Å². The zero-order valence-electron chi connectivity index (χ0n) is 17.6. The predicted molar refractivity (Wildman–Crippen MR) is 121 cm³/mol. The van der Waals surface area contributed by atoms with Gasteiger partial charge in [0.15, 0.2) is 0 Å². The van der Waals surface area contributed by atoms with Gasteiger partial charge in [0.2, 0.25) is 5.91 Å². The van der Waals surface area contributed by atoms with Gasteiger partial charge in [0.05, 0.1) is 5.41 Å². The lowest BCUT2D eigenvalue weighted by atomic mass is 9.73. The molecule has 30 heavy (non-hydrogen) atoms. The number of carbonyl (C=O) groups excluding carboxylic acids is 1. The molecule has 2 N–H and O–H groups in total. The maximum Gasteiger partial charge on any atom is 0.224 e. The van der Waals surface area contributed by atoms with Crippen LogP contribution < -0.4 is 5.73 Å². The minimum Gasteiger partial charge on any atom is -0.369 e. The zero-order chi connectivity index (χ0) is 21.0. The Kier molecular flexibility index (Phi) is 5.96. The van der Waals surface area contributed by atoms with E-state index in [0.29, 0.717) is 6.42 Å². The number of hydrogen-bond acceptors (Lipinski definition) is 3. The fourth-order valence-electron chi connectivity index (χ4n) is 4.47. The molecule has 4 rings (SSSR count). The molecule has 1 amide bonds. The normalized spacial score (nSPS) is 16.3. The van der Waals surface area contributed by atoms with E-state index in [1.54, 1.807) is 12.4 Å². The maximum atomic E-state index is 12.6. The van der Waals surface area contributed by atoms with Crippen LogP contribution in [0.2, 0.25) is 0 Å². The van der Waals surface area contributed by atoms with Gasteiger partial charge in [-0.3, -0.25) is 14.7 Å². The Morgan fingerprint density at radius 1 is 1.00 bits per heavy atom. The van der Waals surface area contributed by atoms with E-state index < -0.39 is 5.41 Å². The average molecular weight is 400 g/mol. The van der Waals surface area contributed by atoms with E-state index in [0.717, 1.165) is 49.2 Å². The van der Waals surface area contributed by atoms with Crippen LogP contribution in [0, 0.1) is 12.3 Å². The minimum atomic E-state index is -0.473. The van der Waals surface area contributed by atoms with Crippen molar-refractivity contribution >= 4 is 5.91 Å². The molecule has 0 bridgehead atoms. The van der Waals surface area contributed by atoms with Crippen LogP contribution in [0.25, 0.3) is 11.1 Å². The first-order valence-corrected chi connectivity index (χ1v) is 10.6. The van der Waals surface area contributed by atoms with Crippen molar-refractivity contribution in [2.45, 2.75) is 32.7 Å². The molecule has 1 saturated heterocycles. The summed E-state index contributed by atoms with van der Waals surface area (Å²) in [5.74, 6) is -0.174. The van der Waals surface area contributed by atoms with E-state index >= 15 is 0 Å². The number of pyridine rings is 1. The molecule has 3 aromatic rings. The summed E-state index contributed by atoms with van der Waals surface area (Å²) in [6.45, 7) is 4.87. The molecule has 0 atom stereocenters. The fourth-order valence-corrected chi connectivity index (χ4v) is 4.47. The van der Waals surface area contributed by atoms with Crippen LogP contribution in [0.15, 0.2) is 73.1 Å². The standard InChI is InChI=1S/C26H29N3O/c1-20-5-2-3-7-24(20)19-29-15-11-26(12-16-29,25(27)30)18-21-6-4-8-23(17-21)22-9-13-28-14-10-22/h2-10,13-14,17H,11-12,15-16,18-19H2,1H3,(H2,27,30). The third-order valence-electron chi connectivity index (χ3n) is 6.47. The van der Waals surface area contributed by atoms with Crippen LogP contribution in [-0.2, 0) is 17.8 Å². The van der Waals surface area contributed by atoms with Crippen molar-refractivity contribution < 1.29 is 4.79 Å². The topological polar surface area (TPSA) is 59.2 Å². The third-order valence-corrected chi connectivity index (χ3v) is 6.47. The monoisotopic (exact) mass is 399 g/mol. The SMILES string of the molecule is Cc1ccccc1CN1CCC(Cc2cccc(-c3ccncc3)c2)(C(N)=O)CC1. The number of amides is 1. The van der Waals surface area contributed by atoms with Crippen LogP contribution in [0.3, 0.4) is 0 Å².